The minimum absolute atomic E-state index is 0.362. The Balaban J connectivity index is 1.67. The molecule has 2 heterocycles. The van der Waals surface area contributed by atoms with Gasteiger partial charge >= 0.3 is 0 Å². The van der Waals surface area contributed by atoms with Crippen molar-refractivity contribution in [2.75, 3.05) is 5.73 Å². The molecule has 0 amide bonds. The molecule has 1 aromatic carbocycles. The highest BCUT2D eigenvalue weighted by Crippen LogP contribution is 2.29. The number of benzene rings is 1. The van der Waals surface area contributed by atoms with Crippen LogP contribution in [0.3, 0.4) is 0 Å². The van der Waals surface area contributed by atoms with E-state index in [0.29, 0.717) is 18.2 Å². The molecule has 2 fully saturated rings. The number of nitrogens with one attached hydrogen (secondary N) is 1. The van der Waals surface area contributed by atoms with Crippen molar-refractivity contribution in [2.45, 2.75) is 43.9 Å². The number of hydrogen-bond acceptors (Lipinski definition) is 3. The second-order valence-corrected chi connectivity index (χ2v) is 4.92. The third kappa shape index (κ3) is 2.00. The molecule has 0 radical (unpaired) electrons. The van der Waals surface area contributed by atoms with Gasteiger partial charge in [0.2, 0.25) is 0 Å². The van der Waals surface area contributed by atoms with Crippen LogP contribution in [0, 0.1) is 0 Å². The van der Waals surface area contributed by atoms with Crippen LogP contribution in [0.2, 0.25) is 0 Å². The Hall–Kier alpha value is -1.22. The van der Waals surface area contributed by atoms with Crippen LogP contribution >= 0.6 is 0 Å². The average Bonchev–Trinajstić information content (AvgIpc) is 2.58. The van der Waals surface area contributed by atoms with Crippen LogP contribution in [-0.4, -0.2) is 18.2 Å². The molecule has 2 atom stereocenters. The van der Waals surface area contributed by atoms with E-state index in [1.165, 1.54) is 12.8 Å². The van der Waals surface area contributed by atoms with Crippen LogP contribution < -0.4 is 15.8 Å². The van der Waals surface area contributed by atoms with E-state index >= 15 is 0 Å². The van der Waals surface area contributed by atoms with Crippen LogP contribution in [-0.2, 0) is 0 Å². The molecule has 2 aliphatic rings. The lowest BCUT2D eigenvalue weighted by molar-refractivity contribution is 0.137. The summed E-state index contributed by atoms with van der Waals surface area (Å²) < 4.78 is 6.00. The highest BCUT2D eigenvalue weighted by atomic mass is 16.5. The number of fused-ring (bicyclic) bond motifs is 2. The monoisotopic (exact) mass is 218 g/mol. The van der Waals surface area contributed by atoms with Crippen molar-refractivity contribution in [3.63, 3.8) is 0 Å². The molecular formula is C13H18N2O. The first-order valence-corrected chi connectivity index (χ1v) is 6.08. The Bertz CT molecular complexity index is 368. The summed E-state index contributed by atoms with van der Waals surface area (Å²) in [7, 11) is 0. The number of nitrogen functional groups attached to an aromatic ring is 1. The lowest BCUT2D eigenvalue weighted by atomic mass is 10.0. The van der Waals surface area contributed by atoms with Crippen LogP contribution in [0.25, 0.3) is 0 Å². The van der Waals surface area contributed by atoms with Crippen LogP contribution in [0.4, 0.5) is 5.69 Å². The molecule has 2 saturated heterocycles. The van der Waals surface area contributed by atoms with Crippen molar-refractivity contribution in [3.05, 3.63) is 24.3 Å². The van der Waals surface area contributed by atoms with Gasteiger partial charge in [-0.1, -0.05) is 6.07 Å². The summed E-state index contributed by atoms with van der Waals surface area (Å²) in [5, 5.41) is 3.61. The fourth-order valence-electron chi connectivity index (χ4n) is 2.88. The zero-order valence-electron chi connectivity index (χ0n) is 9.36. The lowest BCUT2D eigenvalue weighted by Crippen LogP contribution is -2.42. The molecule has 0 aliphatic carbocycles. The van der Waals surface area contributed by atoms with Crippen molar-refractivity contribution in [1.82, 2.24) is 5.32 Å². The van der Waals surface area contributed by atoms with E-state index in [9.17, 15) is 0 Å². The molecule has 0 aromatic heterocycles. The maximum Gasteiger partial charge on any atom is 0.121 e. The van der Waals surface area contributed by atoms with Crippen molar-refractivity contribution in [3.8, 4) is 5.75 Å². The number of rotatable bonds is 2. The molecule has 3 heteroatoms. The molecule has 3 nitrogen and oxygen atoms in total. The van der Waals surface area contributed by atoms with Gasteiger partial charge in [0.15, 0.2) is 0 Å². The van der Waals surface area contributed by atoms with Crippen molar-refractivity contribution in [1.29, 1.82) is 0 Å². The second kappa shape index (κ2) is 3.98. The molecule has 2 bridgehead atoms. The summed E-state index contributed by atoms with van der Waals surface area (Å²) in [6, 6.07) is 9.07. The van der Waals surface area contributed by atoms with Crippen LogP contribution in [0.5, 0.6) is 5.75 Å². The standard InChI is InChI=1S/C13H18N2O/c14-9-2-1-3-12(6-9)16-13-7-10-4-5-11(8-13)15-10/h1-3,6,10-11,13,15H,4-5,7-8,14H2. The highest BCUT2D eigenvalue weighted by molar-refractivity contribution is 5.43. The van der Waals surface area contributed by atoms with Gasteiger partial charge in [0.05, 0.1) is 0 Å². The number of hydrogen-bond donors (Lipinski definition) is 2. The maximum atomic E-state index is 6.00. The first kappa shape index (κ1) is 9.97. The zero-order valence-corrected chi connectivity index (χ0v) is 9.36. The van der Waals surface area contributed by atoms with Crippen molar-refractivity contribution >= 4 is 5.69 Å². The van der Waals surface area contributed by atoms with Gasteiger partial charge in [-0.25, -0.2) is 0 Å². The summed E-state index contributed by atoms with van der Waals surface area (Å²) in [5.41, 5.74) is 6.51. The predicted molar refractivity (Wildman–Crippen MR) is 64.5 cm³/mol. The second-order valence-electron chi connectivity index (χ2n) is 4.92. The number of anilines is 1. The Kier molecular flexibility index (Phi) is 2.48. The van der Waals surface area contributed by atoms with Gasteiger partial charge in [0, 0.05) is 23.8 Å². The molecule has 0 saturated carbocycles. The maximum absolute atomic E-state index is 6.00. The molecule has 1 aromatic rings. The minimum Gasteiger partial charge on any atom is -0.490 e. The molecule has 2 unspecified atom stereocenters. The first-order chi connectivity index (χ1) is 7.79. The number of nitrogens with two attached hydrogens (primary N) is 1. The van der Waals surface area contributed by atoms with E-state index in [2.05, 4.69) is 5.32 Å². The van der Waals surface area contributed by atoms with Gasteiger partial charge in [0.25, 0.3) is 0 Å². The fraction of sp³-hybridized carbons (Fsp3) is 0.538. The van der Waals surface area contributed by atoms with Crippen LogP contribution in [0.15, 0.2) is 24.3 Å². The first-order valence-electron chi connectivity index (χ1n) is 6.08. The molecular weight excluding hydrogens is 200 g/mol. The summed E-state index contributed by atoms with van der Waals surface area (Å²) in [6.07, 6.45) is 5.24. The molecule has 86 valence electrons. The third-order valence-electron chi connectivity index (χ3n) is 3.59. The van der Waals surface area contributed by atoms with Gasteiger partial charge in [-0.05, 0) is 37.8 Å². The van der Waals surface area contributed by atoms with E-state index in [4.69, 9.17) is 10.5 Å². The summed E-state index contributed by atoms with van der Waals surface area (Å²) in [4.78, 5) is 0. The number of ether oxygens (including phenoxy) is 1. The van der Waals surface area contributed by atoms with E-state index in [-0.39, 0.29) is 0 Å². The van der Waals surface area contributed by atoms with Crippen LogP contribution in [0.1, 0.15) is 25.7 Å². The Morgan fingerprint density at radius 1 is 1.19 bits per heavy atom. The SMILES string of the molecule is Nc1cccc(OC2CC3CCC(C2)N3)c1. The van der Waals surface area contributed by atoms with E-state index in [1.807, 2.05) is 24.3 Å². The molecule has 0 spiro atoms. The molecule has 2 aliphatic heterocycles. The zero-order chi connectivity index (χ0) is 11.0. The fourth-order valence-corrected chi connectivity index (χ4v) is 2.88. The topological polar surface area (TPSA) is 47.3 Å². The quantitative estimate of drug-likeness (QED) is 0.746. The molecule has 16 heavy (non-hydrogen) atoms. The van der Waals surface area contributed by atoms with E-state index < -0.39 is 0 Å². The smallest absolute Gasteiger partial charge is 0.121 e. The Labute approximate surface area is 96.0 Å². The average molecular weight is 218 g/mol. The van der Waals surface area contributed by atoms with Gasteiger partial charge in [-0.3, -0.25) is 0 Å². The summed E-state index contributed by atoms with van der Waals surface area (Å²) >= 11 is 0. The third-order valence-corrected chi connectivity index (χ3v) is 3.59. The van der Waals surface area contributed by atoms with Gasteiger partial charge in [-0.15, -0.1) is 0 Å². The number of piperidine rings is 1. The van der Waals surface area contributed by atoms with Gasteiger partial charge in [0.1, 0.15) is 11.9 Å². The molecule has 3 rings (SSSR count). The summed E-state index contributed by atoms with van der Waals surface area (Å²) in [6.45, 7) is 0. The minimum atomic E-state index is 0.362. The van der Waals surface area contributed by atoms with E-state index in [1.54, 1.807) is 0 Å². The lowest BCUT2D eigenvalue weighted by Gasteiger charge is -2.29. The Morgan fingerprint density at radius 3 is 2.62 bits per heavy atom. The predicted octanol–water partition coefficient (Wildman–Crippen LogP) is 1.93. The van der Waals surface area contributed by atoms with E-state index in [0.717, 1.165) is 24.3 Å². The van der Waals surface area contributed by atoms with Crippen molar-refractivity contribution in [2.24, 2.45) is 0 Å². The summed E-state index contributed by atoms with van der Waals surface area (Å²) in [5.74, 6) is 0.909. The van der Waals surface area contributed by atoms with Crippen molar-refractivity contribution < 1.29 is 4.74 Å². The molecule has 3 N–H and O–H groups in total. The normalized spacial score (nSPS) is 32.6. The van der Waals surface area contributed by atoms with Gasteiger partial charge in [-0.2, -0.15) is 0 Å². The Morgan fingerprint density at radius 2 is 1.94 bits per heavy atom. The highest BCUT2D eigenvalue weighted by Gasteiger charge is 2.34. The van der Waals surface area contributed by atoms with Gasteiger partial charge < -0.3 is 15.8 Å². The largest absolute Gasteiger partial charge is 0.490 e.